The molecule has 2 aromatic rings. The van der Waals surface area contributed by atoms with Crippen LogP contribution in [0, 0.1) is 0 Å². The van der Waals surface area contributed by atoms with Gasteiger partial charge in [-0.3, -0.25) is 4.79 Å². The number of anilines is 2. The molecule has 2 rings (SSSR count). The van der Waals surface area contributed by atoms with Crippen LogP contribution in [0.5, 0.6) is 0 Å². The highest BCUT2D eigenvalue weighted by Crippen LogP contribution is 2.21. The molecule has 148 valence electrons. The smallest absolute Gasteiger partial charge is 0.234 e. The maximum Gasteiger partial charge on any atom is 0.234 e. The molecule has 0 aliphatic heterocycles. The third-order valence-corrected chi connectivity index (χ3v) is 5.09. The molecule has 0 saturated heterocycles. The Bertz CT molecular complexity index is 702. The largest absolute Gasteiger partial charge is 0.385 e. The van der Waals surface area contributed by atoms with Gasteiger partial charge in [-0.15, -0.1) is 10.2 Å². The van der Waals surface area contributed by atoms with Crippen molar-refractivity contribution in [3.63, 3.8) is 0 Å². The van der Waals surface area contributed by atoms with Crippen molar-refractivity contribution in [1.82, 2.24) is 14.8 Å². The van der Waals surface area contributed by atoms with Crippen molar-refractivity contribution in [3.05, 3.63) is 30.6 Å². The number of nitrogens with zero attached hydrogens (tertiary/aromatic N) is 4. The lowest BCUT2D eigenvalue weighted by molar-refractivity contribution is -0.113. The first-order valence-corrected chi connectivity index (χ1v) is 10.2. The summed E-state index contributed by atoms with van der Waals surface area (Å²) in [5.74, 6) is 0.230. The Morgan fingerprint density at radius 1 is 1.33 bits per heavy atom. The number of rotatable bonds is 11. The van der Waals surface area contributed by atoms with E-state index in [-0.39, 0.29) is 11.7 Å². The van der Waals surface area contributed by atoms with E-state index < -0.39 is 0 Å². The molecule has 0 atom stereocenters. The van der Waals surface area contributed by atoms with E-state index in [1.807, 2.05) is 28.8 Å². The van der Waals surface area contributed by atoms with Gasteiger partial charge in [0.05, 0.1) is 5.75 Å². The Hall–Kier alpha value is -2.06. The molecule has 0 aliphatic rings. The van der Waals surface area contributed by atoms with E-state index >= 15 is 0 Å². The summed E-state index contributed by atoms with van der Waals surface area (Å²) in [7, 11) is 1.68. The fourth-order valence-corrected chi connectivity index (χ4v) is 3.54. The van der Waals surface area contributed by atoms with Crippen LogP contribution in [-0.2, 0) is 16.1 Å². The van der Waals surface area contributed by atoms with E-state index in [9.17, 15) is 4.79 Å². The minimum atomic E-state index is -0.0598. The lowest BCUT2D eigenvalue weighted by Gasteiger charge is -2.27. The minimum Gasteiger partial charge on any atom is -0.385 e. The Morgan fingerprint density at radius 3 is 2.70 bits per heavy atom. The fourth-order valence-electron chi connectivity index (χ4n) is 2.80. The van der Waals surface area contributed by atoms with Crippen LogP contribution in [0.4, 0.5) is 11.4 Å². The van der Waals surface area contributed by atoms with Gasteiger partial charge < -0.3 is 19.5 Å². The number of nitrogens with one attached hydrogen (secondary N) is 1. The molecular weight excluding hydrogens is 362 g/mol. The first-order chi connectivity index (χ1) is 13.0. The first-order valence-electron chi connectivity index (χ1n) is 9.21. The molecule has 1 aromatic heterocycles. The van der Waals surface area contributed by atoms with Gasteiger partial charge in [0.2, 0.25) is 5.91 Å². The van der Waals surface area contributed by atoms with Gasteiger partial charge in [-0.05, 0) is 51.5 Å². The molecule has 0 fully saturated rings. The molecule has 0 radical (unpaired) electrons. The molecule has 0 saturated carbocycles. The molecule has 27 heavy (non-hydrogen) atoms. The molecule has 1 N–H and O–H groups in total. The van der Waals surface area contributed by atoms with E-state index in [2.05, 4.69) is 41.2 Å². The first kappa shape index (κ1) is 21.2. The van der Waals surface area contributed by atoms with Crippen molar-refractivity contribution >= 4 is 29.0 Å². The van der Waals surface area contributed by atoms with Crippen molar-refractivity contribution in [1.29, 1.82) is 0 Å². The van der Waals surface area contributed by atoms with E-state index in [0.29, 0.717) is 12.6 Å². The number of carbonyl (C=O) groups is 1. The molecule has 0 spiro atoms. The normalized spacial score (nSPS) is 11.0. The quantitative estimate of drug-likeness (QED) is 0.468. The number of amides is 1. The Balaban J connectivity index is 1.85. The van der Waals surface area contributed by atoms with Crippen LogP contribution in [0.3, 0.4) is 0 Å². The van der Waals surface area contributed by atoms with Crippen molar-refractivity contribution in [2.45, 2.75) is 44.9 Å². The van der Waals surface area contributed by atoms with Gasteiger partial charge in [0.15, 0.2) is 5.16 Å². The Kier molecular flexibility index (Phi) is 8.60. The molecule has 0 unspecified atom stereocenters. The van der Waals surface area contributed by atoms with Crippen LogP contribution in [0.25, 0.3) is 0 Å². The number of hydrogen-bond acceptors (Lipinski definition) is 6. The predicted molar refractivity (Wildman–Crippen MR) is 110 cm³/mol. The molecule has 1 heterocycles. The third kappa shape index (κ3) is 6.55. The van der Waals surface area contributed by atoms with E-state index in [1.54, 1.807) is 13.4 Å². The lowest BCUT2D eigenvalue weighted by Crippen LogP contribution is -2.30. The zero-order chi connectivity index (χ0) is 19.6. The van der Waals surface area contributed by atoms with Crippen LogP contribution in [0.1, 0.15) is 27.2 Å². The summed E-state index contributed by atoms with van der Waals surface area (Å²) in [5.41, 5.74) is 1.95. The maximum atomic E-state index is 12.2. The van der Waals surface area contributed by atoms with Crippen LogP contribution < -0.4 is 10.2 Å². The van der Waals surface area contributed by atoms with Gasteiger partial charge in [0.1, 0.15) is 6.33 Å². The Morgan fingerprint density at radius 2 is 2.07 bits per heavy atom. The van der Waals surface area contributed by atoms with Crippen LogP contribution >= 0.6 is 11.8 Å². The average Bonchev–Trinajstić information content (AvgIpc) is 3.09. The topological polar surface area (TPSA) is 72.3 Å². The van der Waals surface area contributed by atoms with E-state index in [1.165, 1.54) is 11.8 Å². The number of thioether (sulfide) groups is 1. The van der Waals surface area contributed by atoms with Crippen molar-refractivity contribution in [2.75, 3.05) is 36.2 Å². The summed E-state index contributed by atoms with van der Waals surface area (Å²) >= 11 is 1.38. The summed E-state index contributed by atoms with van der Waals surface area (Å²) in [6.45, 7) is 8.89. The maximum absolute atomic E-state index is 12.2. The van der Waals surface area contributed by atoms with Gasteiger partial charge in [0, 0.05) is 44.2 Å². The summed E-state index contributed by atoms with van der Waals surface area (Å²) in [4.78, 5) is 14.5. The SMILES string of the molecule is CCN(c1ccc(NC(=O)CSc2nncn2CCCOC)cc1)C(C)C. The number of ether oxygens (including phenoxy) is 1. The van der Waals surface area contributed by atoms with Crippen molar-refractivity contribution in [3.8, 4) is 0 Å². The van der Waals surface area contributed by atoms with Gasteiger partial charge in [-0.1, -0.05) is 11.8 Å². The molecular formula is C19H29N5O2S. The van der Waals surface area contributed by atoms with Gasteiger partial charge in [-0.2, -0.15) is 0 Å². The van der Waals surface area contributed by atoms with Crippen LogP contribution in [-0.4, -0.2) is 52.7 Å². The van der Waals surface area contributed by atoms with Gasteiger partial charge >= 0.3 is 0 Å². The summed E-state index contributed by atoms with van der Waals surface area (Å²) < 4.78 is 7.00. The standard InChI is InChI=1S/C19H29N5O2S/c1-5-24(15(2)3)17-9-7-16(8-10-17)21-18(25)13-27-19-22-20-14-23(19)11-6-12-26-4/h7-10,14-15H,5-6,11-13H2,1-4H3,(H,21,25). The molecule has 0 bridgehead atoms. The highest BCUT2D eigenvalue weighted by molar-refractivity contribution is 7.99. The molecule has 1 aromatic carbocycles. The summed E-state index contributed by atoms with van der Waals surface area (Å²) in [6, 6.07) is 8.40. The van der Waals surface area contributed by atoms with Crippen LogP contribution in [0.15, 0.2) is 35.7 Å². The van der Waals surface area contributed by atoms with E-state index in [0.717, 1.165) is 36.0 Å². The average molecular weight is 392 g/mol. The zero-order valence-electron chi connectivity index (χ0n) is 16.5. The minimum absolute atomic E-state index is 0.0598. The highest BCUT2D eigenvalue weighted by atomic mass is 32.2. The fraction of sp³-hybridized carbons (Fsp3) is 0.526. The summed E-state index contributed by atoms with van der Waals surface area (Å²) in [6.07, 6.45) is 2.56. The molecule has 7 nitrogen and oxygen atoms in total. The number of carbonyl (C=O) groups excluding carboxylic acids is 1. The van der Waals surface area contributed by atoms with Crippen LogP contribution in [0.2, 0.25) is 0 Å². The second-order valence-corrected chi connectivity index (χ2v) is 7.36. The highest BCUT2D eigenvalue weighted by Gasteiger charge is 2.11. The third-order valence-electron chi connectivity index (χ3n) is 4.11. The molecule has 8 heteroatoms. The van der Waals surface area contributed by atoms with E-state index in [4.69, 9.17) is 4.74 Å². The van der Waals surface area contributed by atoms with Gasteiger partial charge in [0.25, 0.3) is 0 Å². The summed E-state index contributed by atoms with van der Waals surface area (Å²) in [5, 5.41) is 11.7. The second-order valence-electron chi connectivity index (χ2n) is 6.42. The number of aryl methyl sites for hydroxylation is 1. The lowest BCUT2D eigenvalue weighted by atomic mass is 10.2. The predicted octanol–water partition coefficient (Wildman–Crippen LogP) is 3.28. The Labute approximate surface area is 165 Å². The zero-order valence-corrected chi connectivity index (χ0v) is 17.3. The van der Waals surface area contributed by atoms with Crippen molar-refractivity contribution in [2.24, 2.45) is 0 Å². The number of benzene rings is 1. The van der Waals surface area contributed by atoms with Gasteiger partial charge in [-0.25, -0.2) is 0 Å². The molecule has 1 amide bonds. The van der Waals surface area contributed by atoms with Crippen molar-refractivity contribution < 1.29 is 9.53 Å². The monoisotopic (exact) mass is 391 g/mol. The number of aromatic nitrogens is 3. The number of hydrogen-bond donors (Lipinski definition) is 1. The number of methoxy groups -OCH3 is 1. The molecule has 0 aliphatic carbocycles. The second kappa shape index (κ2) is 10.9.